The van der Waals surface area contributed by atoms with Crippen LogP contribution in [0, 0.1) is 0 Å². The van der Waals surface area contributed by atoms with Crippen LogP contribution < -0.4 is 10.1 Å². The second kappa shape index (κ2) is 6.91. The van der Waals surface area contributed by atoms with Crippen LogP contribution in [-0.2, 0) is 0 Å². The van der Waals surface area contributed by atoms with E-state index in [-0.39, 0.29) is 6.61 Å². The molecule has 1 heterocycles. The molecule has 0 radical (unpaired) electrons. The first-order valence-electron chi connectivity index (χ1n) is 7.25. The van der Waals surface area contributed by atoms with Crippen LogP contribution in [0.3, 0.4) is 0 Å². The van der Waals surface area contributed by atoms with Gasteiger partial charge in [-0.15, -0.1) is 0 Å². The molecule has 1 unspecified atom stereocenters. The molecule has 2 N–H and O–H groups in total. The van der Waals surface area contributed by atoms with Gasteiger partial charge >= 0.3 is 0 Å². The summed E-state index contributed by atoms with van der Waals surface area (Å²) in [6, 6.07) is 17.7. The summed E-state index contributed by atoms with van der Waals surface area (Å²) in [7, 11) is 0. The van der Waals surface area contributed by atoms with E-state index in [9.17, 15) is 5.11 Å². The lowest BCUT2D eigenvalue weighted by molar-refractivity contribution is 0.118. The van der Waals surface area contributed by atoms with Gasteiger partial charge in [-0.1, -0.05) is 36.4 Å². The van der Waals surface area contributed by atoms with Crippen LogP contribution >= 0.6 is 0 Å². The van der Waals surface area contributed by atoms with Crippen molar-refractivity contribution in [3.8, 4) is 5.75 Å². The Balaban J connectivity index is 1.57. The van der Waals surface area contributed by atoms with E-state index < -0.39 is 6.10 Å². The van der Waals surface area contributed by atoms with E-state index in [1.54, 1.807) is 12.4 Å². The molecule has 0 fully saturated rings. The van der Waals surface area contributed by atoms with Crippen molar-refractivity contribution >= 4 is 16.5 Å². The van der Waals surface area contributed by atoms with Gasteiger partial charge in [0.25, 0.3) is 0 Å². The number of hydrogen-bond donors (Lipinski definition) is 2. The first-order valence-corrected chi connectivity index (χ1v) is 7.25. The number of aliphatic hydroxyl groups excluding tert-OH is 1. The maximum atomic E-state index is 10.0. The van der Waals surface area contributed by atoms with Crippen molar-refractivity contribution in [1.29, 1.82) is 0 Å². The van der Waals surface area contributed by atoms with E-state index in [1.807, 2.05) is 54.6 Å². The summed E-state index contributed by atoms with van der Waals surface area (Å²) in [4.78, 5) is 3.95. The van der Waals surface area contributed by atoms with Crippen molar-refractivity contribution in [2.24, 2.45) is 0 Å². The largest absolute Gasteiger partial charge is 0.490 e. The first kappa shape index (κ1) is 14.4. The molecule has 1 aromatic heterocycles. The number of ether oxygens (including phenoxy) is 1. The zero-order valence-corrected chi connectivity index (χ0v) is 12.1. The molecule has 1 atom stereocenters. The SMILES string of the molecule is OC(CNc1ccncc1)COc1cccc2ccccc12. The van der Waals surface area contributed by atoms with Crippen molar-refractivity contribution in [2.45, 2.75) is 6.10 Å². The predicted molar refractivity (Wildman–Crippen MR) is 88.2 cm³/mol. The van der Waals surface area contributed by atoms with Gasteiger partial charge in [-0.2, -0.15) is 0 Å². The number of benzene rings is 2. The van der Waals surface area contributed by atoms with E-state index in [2.05, 4.69) is 10.3 Å². The van der Waals surface area contributed by atoms with Crippen molar-refractivity contribution < 1.29 is 9.84 Å². The third-order valence-electron chi connectivity index (χ3n) is 3.40. The summed E-state index contributed by atoms with van der Waals surface area (Å²) < 4.78 is 5.77. The number of fused-ring (bicyclic) bond motifs is 1. The molecule has 2 aromatic carbocycles. The van der Waals surface area contributed by atoms with Crippen molar-refractivity contribution in [3.05, 3.63) is 67.0 Å². The molecule has 22 heavy (non-hydrogen) atoms. The van der Waals surface area contributed by atoms with Gasteiger partial charge in [0, 0.05) is 30.0 Å². The number of nitrogens with zero attached hydrogens (tertiary/aromatic N) is 1. The van der Waals surface area contributed by atoms with Gasteiger partial charge in [-0.3, -0.25) is 4.98 Å². The average Bonchev–Trinajstić information content (AvgIpc) is 2.59. The minimum Gasteiger partial charge on any atom is -0.490 e. The van der Waals surface area contributed by atoms with Crippen LogP contribution in [0.25, 0.3) is 10.8 Å². The maximum absolute atomic E-state index is 10.0. The van der Waals surface area contributed by atoms with E-state index in [1.165, 1.54) is 0 Å². The molecule has 112 valence electrons. The fraction of sp³-hybridized carbons (Fsp3) is 0.167. The van der Waals surface area contributed by atoms with Crippen LogP contribution in [0.4, 0.5) is 5.69 Å². The number of nitrogens with one attached hydrogen (secondary N) is 1. The van der Waals surface area contributed by atoms with Crippen LogP contribution in [0.5, 0.6) is 5.75 Å². The quantitative estimate of drug-likeness (QED) is 0.733. The predicted octanol–water partition coefficient (Wildman–Crippen LogP) is 3.09. The lowest BCUT2D eigenvalue weighted by atomic mass is 10.1. The minimum absolute atomic E-state index is 0.242. The summed E-state index contributed by atoms with van der Waals surface area (Å²) in [5, 5.41) is 15.4. The Kier molecular flexibility index (Phi) is 4.51. The standard InChI is InChI=1S/C18H18N2O2/c21-16(12-20-15-8-10-19-11-9-15)13-22-18-7-3-5-14-4-1-2-6-17(14)18/h1-11,16,21H,12-13H2,(H,19,20). The molecule has 0 saturated heterocycles. The summed E-state index contributed by atoms with van der Waals surface area (Å²) in [5.74, 6) is 0.793. The Morgan fingerprint density at radius 2 is 1.77 bits per heavy atom. The van der Waals surface area contributed by atoms with Gasteiger partial charge in [0.15, 0.2) is 0 Å². The lowest BCUT2D eigenvalue weighted by Gasteiger charge is -2.15. The third kappa shape index (κ3) is 3.54. The normalized spacial score (nSPS) is 12.0. The Morgan fingerprint density at radius 3 is 2.64 bits per heavy atom. The topological polar surface area (TPSA) is 54.4 Å². The van der Waals surface area contributed by atoms with Gasteiger partial charge in [0.1, 0.15) is 18.5 Å². The lowest BCUT2D eigenvalue weighted by Crippen LogP contribution is -2.26. The van der Waals surface area contributed by atoms with Gasteiger partial charge in [0.2, 0.25) is 0 Å². The van der Waals surface area contributed by atoms with E-state index in [0.717, 1.165) is 22.2 Å². The second-order valence-electron chi connectivity index (χ2n) is 5.06. The molecule has 0 saturated carbocycles. The summed E-state index contributed by atoms with van der Waals surface area (Å²) >= 11 is 0. The zero-order chi connectivity index (χ0) is 15.2. The summed E-state index contributed by atoms with van der Waals surface area (Å²) in [5.41, 5.74) is 0.930. The maximum Gasteiger partial charge on any atom is 0.127 e. The highest BCUT2D eigenvalue weighted by Gasteiger charge is 2.07. The highest BCUT2D eigenvalue weighted by atomic mass is 16.5. The first-order chi connectivity index (χ1) is 10.8. The fourth-order valence-corrected chi connectivity index (χ4v) is 2.27. The highest BCUT2D eigenvalue weighted by molar-refractivity contribution is 5.88. The molecule has 4 heteroatoms. The molecule has 0 bridgehead atoms. The molecular formula is C18H18N2O2. The Labute approximate surface area is 129 Å². The summed E-state index contributed by atoms with van der Waals surface area (Å²) in [6.07, 6.45) is 2.83. The molecule has 0 aliphatic heterocycles. The number of aliphatic hydroxyl groups is 1. The molecular weight excluding hydrogens is 276 g/mol. The van der Waals surface area contributed by atoms with Crippen molar-refractivity contribution in [1.82, 2.24) is 4.98 Å². The van der Waals surface area contributed by atoms with Crippen LogP contribution in [-0.4, -0.2) is 29.3 Å². The molecule has 3 aromatic rings. The number of hydrogen-bond acceptors (Lipinski definition) is 4. The molecule has 3 rings (SSSR count). The number of pyridine rings is 1. The Morgan fingerprint density at radius 1 is 1.00 bits per heavy atom. The third-order valence-corrected chi connectivity index (χ3v) is 3.40. The van der Waals surface area contributed by atoms with Crippen LogP contribution in [0.15, 0.2) is 67.0 Å². The monoisotopic (exact) mass is 294 g/mol. The van der Waals surface area contributed by atoms with E-state index in [0.29, 0.717) is 6.54 Å². The summed E-state index contributed by atoms with van der Waals surface area (Å²) in [6.45, 7) is 0.668. The molecule has 0 spiro atoms. The minimum atomic E-state index is -0.591. The number of rotatable bonds is 6. The Bertz CT molecular complexity index is 726. The number of aromatic nitrogens is 1. The van der Waals surface area contributed by atoms with Crippen LogP contribution in [0.1, 0.15) is 0 Å². The van der Waals surface area contributed by atoms with Gasteiger partial charge < -0.3 is 15.2 Å². The fourth-order valence-electron chi connectivity index (χ4n) is 2.27. The Hall–Kier alpha value is -2.59. The average molecular weight is 294 g/mol. The second-order valence-corrected chi connectivity index (χ2v) is 5.06. The van der Waals surface area contributed by atoms with Crippen molar-refractivity contribution in [2.75, 3.05) is 18.5 Å². The van der Waals surface area contributed by atoms with E-state index in [4.69, 9.17) is 4.74 Å². The zero-order valence-electron chi connectivity index (χ0n) is 12.1. The van der Waals surface area contributed by atoms with Gasteiger partial charge in [-0.25, -0.2) is 0 Å². The molecule has 4 nitrogen and oxygen atoms in total. The van der Waals surface area contributed by atoms with Crippen molar-refractivity contribution in [3.63, 3.8) is 0 Å². The number of anilines is 1. The van der Waals surface area contributed by atoms with E-state index >= 15 is 0 Å². The van der Waals surface area contributed by atoms with Gasteiger partial charge in [0.05, 0.1) is 0 Å². The molecule has 0 aliphatic carbocycles. The smallest absolute Gasteiger partial charge is 0.127 e. The molecule has 0 amide bonds. The molecule has 0 aliphatic rings. The van der Waals surface area contributed by atoms with Crippen LogP contribution in [0.2, 0.25) is 0 Å². The van der Waals surface area contributed by atoms with Gasteiger partial charge in [-0.05, 0) is 23.6 Å². The highest BCUT2D eigenvalue weighted by Crippen LogP contribution is 2.25.